The molecule has 1 aliphatic rings. The molecule has 3 unspecified atom stereocenters. The Kier molecular flexibility index (Phi) is 6.49. The highest BCUT2D eigenvalue weighted by molar-refractivity contribution is 5.85. The summed E-state index contributed by atoms with van der Waals surface area (Å²) in [6.07, 6.45) is 3.01. The number of benzene rings is 2. The Labute approximate surface area is 160 Å². The van der Waals surface area contributed by atoms with Crippen LogP contribution in [-0.4, -0.2) is 25.2 Å². The van der Waals surface area contributed by atoms with Crippen LogP contribution >= 0.6 is 0 Å². The van der Waals surface area contributed by atoms with E-state index >= 15 is 0 Å². The Hall–Kier alpha value is -2.36. The van der Waals surface area contributed by atoms with E-state index in [2.05, 4.69) is 30.3 Å². The average molecular weight is 368 g/mol. The maximum absolute atomic E-state index is 12.6. The van der Waals surface area contributed by atoms with E-state index in [0.717, 1.165) is 19.3 Å². The van der Waals surface area contributed by atoms with Crippen molar-refractivity contribution in [3.8, 4) is 0 Å². The second-order valence-electron chi connectivity index (χ2n) is 7.35. The zero-order chi connectivity index (χ0) is 19.2. The van der Waals surface area contributed by atoms with Gasteiger partial charge in [0.05, 0.1) is 25.0 Å². The maximum Gasteiger partial charge on any atom is 0.310 e. The van der Waals surface area contributed by atoms with Crippen molar-refractivity contribution in [3.05, 3.63) is 48.0 Å². The van der Waals surface area contributed by atoms with Crippen LogP contribution in [0.1, 0.15) is 38.7 Å². The number of esters is 2. The first-order chi connectivity index (χ1) is 13.1. The van der Waals surface area contributed by atoms with E-state index in [1.807, 2.05) is 26.0 Å². The van der Waals surface area contributed by atoms with Gasteiger partial charge in [0.1, 0.15) is 0 Å². The molecule has 1 fully saturated rings. The van der Waals surface area contributed by atoms with Gasteiger partial charge >= 0.3 is 11.9 Å². The molecular weight excluding hydrogens is 340 g/mol. The summed E-state index contributed by atoms with van der Waals surface area (Å²) < 4.78 is 10.7. The molecule has 3 atom stereocenters. The van der Waals surface area contributed by atoms with Crippen LogP contribution < -0.4 is 0 Å². The molecule has 2 aromatic rings. The molecule has 0 radical (unpaired) electrons. The van der Waals surface area contributed by atoms with Crippen LogP contribution in [0.5, 0.6) is 0 Å². The molecule has 0 spiro atoms. The minimum atomic E-state index is -0.396. The van der Waals surface area contributed by atoms with Crippen LogP contribution in [-0.2, 0) is 25.5 Å². The van der Waals surface area contributed by atoms with Gasteiger partial charge in [0.15, 0.2) is 0 Å². The molecule has 3 rings (SSSR count). The lowest BCUT2D eigenvalue weighted by Crippen LogP contribution is -2.48. The highest BCUT2D eigenvalue weighted by Crippen LogP contribution is 2.44. The molecule has 144 valence electrons. The monoisotopic (exact) mass is 368 g/mol. The van der Waals surface area contributed by atoms with Gasteiger partial charge in [-0.3, -0.25) is 9.59 Å². The third-order valence-corrected chi connectivity index (χ3v) is 5.28. The minimum Gasteiger partial charge on any atom is -0.465 e. The largest absolute Gasteiger partial charge is 0.465 e. The highest BCUT2D eigenvalue weighted by Gasteiger charge is 2.50. The summed E-state index contributed by atoms with van der Waals surface area (Å²) in [6.45, 7) is 4.73. The van der Waals surface area contributed by atoms with Crippen LogP contribution in [0, 0.1) is 17.8 Å². The number of hydrogen-bond acceptors (Lipinski definition) is 4. The summed E-state index contributed by atoms with van der Waals surface area (Å²) >= 11 is 0. The van der Waals surface area contributed by atoms with E-state index in [-0.39, 0.29) is 23.8 Å². The fourth-order valence-corrected chi connectivity index (χ4v) is 3.84. The standard InChI is InChI=1S/C23H28O4/c1-3-11-26-22(24)20-15-19(21(20)23(25)27-12-4-2)14-16-9-10-17-7-5-6-8-18(17)13-16/h5-10,13,19-21H,3-4,11-12,14-15H2,1-2H3. The third-order valence-electron chi connectivity index (χ3n) is 5.28. The summed E-state index contributed by atoms with van der Waals surface area (Å²) in [5, 5.41) is 2.40. The van der Waals surface area contributed by atoms with Crippen molar-refractivity contribution in [2.45, 2.75) is 39.5 Å². The number of rotatable bonds is 8. The second-order valence-corrected chi connectivity index (χ2v) is 7.35. The first-order valence-corrected chi connectivity index (χ1v) is 9.95. The second kappa shape index (κ2) is 9.03. The van der Waals surface area contributed by atoms with Crippen LogP contribution in [0.3, 0.4) is 0 Å². The van der Waals surface area contributed by atoms with Gasteiger partial charge in [-0.2, -0.15) is 0 Å². The smallest absolute Gasteiger partial charge is 0.310 e. The molecule has 0 bridgehead atoms. The van der Waals surface area contributed by atoms with Gasteiger partial charge in [-0.25, -0.2) is 0 Å². The van der Waals surface area contributed by atoms with Gasteiger partial charge < -0.3 is 9.47 Å². The predicted molar refractivity (Wildman–Crippen MR) is 105 cm³/mol. The normalized spacial score (nSPS) is 21.5. The summed E-state index contributed by atoms with van der Waals surface area (Å²) in [7, 11) is 0. The number of fused-ring (bicyclic) bond motifs is 1. The van der Waals surface area contributed by atoms with Crippen molar-refractivity contribution in [1.82, 2.24) is 0 Å². The average Bonchev–Trinajstić information content (AvgIpc) is 2.67. The van der Waals surface area contributed by atoms with Crippen LogP contribution in [0.4, 0.5) is 0 Å². The number of hydrogen-bond donors (Lipinski definition) is 0. The van der Waals surface area contributed by atoms with Gasteiger partial charge in [-0.15, -0.1) is 0 Å². The van der Waals surface area contributed by atoms with E-state index in [1.165, 1.54) is 16.3 Å². The Morgan fingerprint density at radius 1 is 0.926 bits per heavy atom. The number of carbonyl (C=O) groups is 2. The zero-order valence-electron chi connectivity index (χ0n) is 16.1. The van der Waals surface area contributed by atoms with Gasteiger partial charge in [0.2, 0.25) is 0 Å². The van der Waals surface area contributed by atoms with E-state index < -0.39 is 5.92 Å². The van der Waals surface area contributed by atoms with E-state index in [1.54, 1.807) is 0 Å². The van der Waals surface area contributed by atoms with Gasteiger partial charge in [0, 0.05) is 0 Å². The molecule has 0 N–H and O–H groups in total. The molecular formula is C23H28O4. The fourth-order valence-electron chi connectivity index (χ4n) is 3.84. The van der Waals surface area contributed by atoms with Crippen molar-refractivity contribution in [2.24, 2.45) is 17.8 Å². The minimum absolute atomic E-state index is 0.120. The molecule has 0 aromatic heterocycles. The Balaban J connectivity index is 1.72. The van der Waals surface area contributed by atoms with Crippen molar-refractivity contribution < 1.29 is 19.1 Å². The van der Waals surface area contributed by atoms with Crippen molar-refractivity contribution in [1.29, 1.82) is 0 Å². The molecule has 4 nitrogen and oxygen atoms in total. The SMILES string of the molecule is CCCOC(=O)C1CC(Cc2ccc3ccccc3c2)C1C(=O)OCCC. The molecule has 4 heteroatoms. The van der Waals surface area contributed by atoms with Crippen molar-refractivity contribution in [2.75, 3.05) is 13.2 Å². The van der Waals surface area contributed by atoms with Gasteiger partial charge in [-0.05, 0) is 47.9 Å². The fraction of sp³-hybridized carbons (Fsp3) is 0.478. The van der Waals surface area contributed by atoms with Gasteiger partial charge in [-0.1, -0.05) is 56.3 Å². The predicted octanol–water partition coefficient (Wildman–Crippen LogP) is 4.54. The van der Waals surface area contributed by atoms with E-state index in [4.69, 9.17) is 9.47 Å². The number of ether oxygens (including phenoxy) is 2. The molecule has 1 aliphatic carbocycles. The quantitative estimate of drug-likeness (QED) is 0.642. The zero-order valence-corrected chi connectivity index (χ0v) is 16.1. The van der Waals surface area contributed by atoms with Crippen LogP contribution in [0.25, 0.3) is 10.8 Å². The summed E-state index contributed by atoms with van der Waals surface area (Å²) in [5.74, 6) is -1.16. The Morgan fingerprint density at radius 3 is 2.30 bits per heavy atom. The molecule has 0 saturated heterocycles. The Morgan fingerprint density at radius 2 is 1.59 bits per heavy atom. The van der Waals surface area contributed by atoms with Gasteiger partial charge in [0.25, 0.3) is 0 Å². The van der Waals surface area contributed by atoms with Crippen LogP contribution in [0.2, 0.25) is 0 Å². The summed E-state index contributed by atoms with van der Waals surface area (Å²) in [5.41, 5.74) is 1.19. The Bertz CT molecular complexity index is 798. The molecule has 1 saturated carbocycles. The lowest BCUT2D eigenvalue weighted by molar-refractivity contribution is -0.173. The lowest BCUT2D eigenvalue weighted by atomic mass is 9.62. The van der Waals surface area contributed by atoms with Crippen molar-refractivity contribution in [3.63, 3.8) is 0 Å². The molecule has 0 heterocycles. The molecule has 0 amide bonds. The first kappa shape index (κ1) is 19.4. The summed E-state index contributed by atoms with van der Waals surface area (Å²) in [6, 6.07) is 14.6. The topological polar surface area (TPSA) is 52.6 Å². The first-order valence-electron chi connectivity index (χ1n) is 9.95. The maximum atomic E-state index is 12.6. The van der Waals surface area contributed by atoms with Crippen molar-refractivity contribution >= 4 is 22.7 Å². The van der Waals surface area contributed by atoms with E-state index in [9.17, 15) is 9.59 Å². The highest BCUT2D eigenvalue weighted by atomic mass is 16.5. The van der Waals surface area contributed by atoms with Crippen LogP contribution in [0.15, 0.2) is 42.5 Å². The number of carbonyl (C=O) groups excluding carboxylic acids is 2. The summed E-state index contributed by atoms with van der Waals surface area (Å²) in [4.78, 5) is 24.9. The molecule has 27 heavy (non-hydrogen) atoms. The molecule has 2 aromatic carbocycles. The van der Waals surface area contributed by atoms with E-state index in [0.29, 0.717) is 19.6 Å². The molecule has 0 aliphatic heterocycles. The lowest BCUT2D eigenvalue weighted by Gasteiger charge is -2.41. The third kappa shape index (κ3) is 4.49.